The molecule has 148 valence electrons. The average molecular weight is 398 g/mol. The third kappa shape index (κ3) is 5.07. The number of hydrogen-bond acceptors (Lipinski definition) is 7. The Morgan fingerprint density at radius 2 is 1.52 bits per heavy atom. The van der Waals surface area contributed by atoms with Crippen LogP contribution in [0.5, 0.6) is 0 Å². The van der Waals surface area contributed by atoms with Crippen molar-refractivity contribution >= 4 is 17.2 Å². The van der Waals surface area contributed by atoms with Crippen LogP contribution in [0.4, 0.5) is 11.4 Å². The second-order valence-corrected chi connectivity index (χ2v) is 5.57. The van der Waals surface area contributed by atoms with E-state index in [-0.39, 0.29) is 5.78 Å². The Balaban J connectivity index is 0.000000253. The molecule has 0 radical (unpaired) electrons. The lowest BCUT2D eigenvalue weighted by Crippen LogP contribution is -2.20. The lowest BCUT2D eigenvalue weighted by atomic mass is 10.1. The van der Waals surface area contributed by atoms with Gasteiger partial charge in [-0.3, -0.25) is 39.2 Å². The molecule has 0 amide bonds. The number of nitrogens with zero attached hydrogens (tertiary/aromatic N) is 3. The predicted molar refractivity (Wildman–Crippen MR) is 102 cm³/mol. The number of ketones is 1. The van der Waals surface area contributed by atoms with E-state index in [1.165, 1.54) is 36.0 Å². The number of pyridine rings is 2. The normalized spacial score (nSPS) is 9.83. The molecule has 0 atom stereocenters. The molecule has 3 rings (SSSR count). The number of hydrogen-bond donors (Lipinski definition) is 1. The molecule has 11 heteroatoms. The minimum absolute atomic E-state index is 0.0852. The highest BCUT2D eigenvalue weighted by Gasteiger charge is 2.14. The van der Waals surface area contributed by atoms with Gasteiger partial charge in [-0.25, -0.2) is 0 Å². The predicted octanol–water partition coefficient (Wildman–Crippen LogP) is 2.23. The summed E-state index contributed by atoms with van der Waals surface area (Å²) < 4.78 is 1.17. The molecular weight excluding hydrogens is 384 g/mol. The Bertz CT molecular complexity index is 1180. The molecule has 2 aromatic heterocycles. The second kappa shape index (κ2) is 8.99. The quantitative estimate of drug-likeness (QED) is 0.401. The molecule has 1 aromatic carbocycles. The van der Waals surface area contributed by atoms with Crippen LogP contribution in [0, 0.1) is 20.2 Å². The number of aromatic nitrogens is 2. The van der Waals surface area contributed by atoms with Gasteiger partial charge in [0.2, 0.25) is 0 Å². The standard InChI is InChI=1S/C13H10N2O4.C5H4N2O3/c1-9(16)10-4-6-11(7-5-10)14-8-2-3-12(13(14)17)15(18)19;8-5-4(7(9)10)2-1-3-6-5/h2-8H,1H3;1-3H,(H,6,8). The first-order valence-electron chi connectivity index (χ1n) is 8.02. The highest BCUT2D eigenvalue weighted by Crippen LogP contribution is 2.10. The first-order chi connectivity index (χ1) is 13.7. The molecule has 11 nitrogen and oxygen atoms in total. The molecule has 2 heterocycles. The van der Waals surface area contributed by atoms with Gasteiger partial charge in [-0.1, -0.05) is 0 Å². The summed E-state index contributed by atoms with van der Waals surface area (Å²) in [6, 6.07) is 11.4. The molecule has 0 saturated heterocycles. The van der Waals surface area contributed by atoms with Crippen LogP contribution in [0.3, 0.4) is 0 Å². The van der Waals surface area contributed by atoms with E-state index >= 15 is 0 Å². The van der Waals surface area contributed by atoms with E-state index in [1.54, 1.807) is 24.3 Å². The minimum atomic E-state index is -0.723. The molecule has 0 saturated carbocycles. The average Bonchev–Trinajstić information content (AvgIpc) is 2.68. The van der Waals surface area contributed by atoms with E-state index in [0.29, 0.717) is 11.3 Å². The maximum Gasteiger partial charge on any atom is 0.334 e. The van der Waals surface area contributed by atoms with E-state index in [4.69, 9.17) is 0 Å². The lowest BCUT2D eigenvalue weighted by Gasteiger charge is -2.05. The van der Waals surface area contributed by atoms with Crippen molar-refractivity contribution in [3.63, 3.8) is 0 Å². The topological polar surface area (TPSA) is 158 Å². The molecule has 3 aromatic rings. The second-order valence-electron chi connectivity index (χ2n) is 5.57. The van der Waals surface area contributed by atoms with Crippen molar-refractivity contribution in [2.75, 3.05) is 0 Å². The van der Waals surface area contributed by atoms with Crippen LogP contribution >= 0.6 is 0 Å². The van der Waals surface area contributed by atoms with Crippen LogP contribution in [-0.4, -0.2) is 25.2 Å². The zero-order chi connectivity index (χ0) is 21.6. The number of H-pyrrole nitrogens is 1. The third-order valence-corrected chi connectivity index (χ3v) is 3.67. The van der Waals surface area contributed by atoms with Gasteiger partial charge in [0, 0.05) is 35.8 Å². The SMILES string of the molecule is CC(=O)c1ccc(-n2cccc([N+](=O)[O-])c2=O)cc1.O=c1[nH]cccc1[N+](=O)[O-]. The summed E-state index contributed by atoms with van der Waals surface area (Å²) >= 11 is 0. The van der Waals surface area contributed by atoms with Crippen molar-refractivity contribution in [1.29, 1.82) is 0 Å². The Hall–Kier alpha value is -4.41. The molecule has 0 aliphatic rings. The van der Waals surface area contributed by atoms with Crippen molar-refractivity contribution in [3.05, 3.63) is 107 Å². The molecule has 0 bridgehead atoms. The van der Waals surface area contributed by atoms with Crippen LogP contribution < -0.4 is 11.1 Å². The zero-order valence-electron chi connectivity index (χ0n) is 15.0. The van der Waals surface area contributed by atoms with Gasteiger partial charge in [0.15, 0.2) is 5.78 Å². The van der Waals surface area contributed by atoms with Crippen LogP contribution in [-0.2, 0) is 0 Å². The number of benzene rings is 1. The Morgan fingerprint density at radius 1 is 0.931 bits per heavy atom. The van der Waals surface area contributed by atoms with E-state index < -0.39 is 32.3 Å². The summed E-state index contributed by atoms with van der Waals surface area (Å²) in [7, 11) is 0. The molecule has 0 aliphatic carbocycles. The molecule has 1 N–H and O–H groups in total. The highest BCUT2D eigenvalue weighted by atomic mass is 16.6. The number of aromatic amines is 1. The van der Waals surface area contributed by atoms with Crippen LogP contribution in [0.1, 0.15) is 17.3 Å². The molecule has 29 heavy (non-hydrogen) atoms. The fourth-order valence-electron chi connectivity index (χ4n) is 2.24. The Kier molecular flexibility index (Phi) is 6.48. The van der Waals surface area contributed by atoms with Crippen molar-refractivity contribution in [2.24, 2.45) is 0 Å². The molecule has 0 aliphatic heterocycles. The zero-order valence-corrected chi connectivity index (χ0v) is 15.0. The molecular formula is C18H14N4O7. The van der Waals surface area contributed by atoms with E-state index in [9.17, 15) is 34.6 Å². The van der Waals surface area contributed by atoms with Gasteiger partial charge in [0.05, 0.1) is 9.85 Å². The molecule has 0 spiro atoms. The number of nitrogens with one attached hydrogen (secondary N) is 1. The maximum absolute atomic E-state index is 11.9. The number of Topliss-reactive ketones (excluding diaryl/α,β-unsaturated/α-hetero) is 1. The van der Waals surface area contributed by atoms with Crippen molar-refractivity contribution < 1.29 is 14.6 Å². The third-order valence-electron chi connectivity index (χ3n) is 3.67. The summed E-state index contributed by atoms with van der Waals surface area (Å²) in [5.74, 6) is -0.0852. The maximum atomic E-state index is 11.9. The number of nitro groups is 2. The number of carbonyl (C=O) groups excluding carboxylic acids is 1. The smallest absolute Gasteiger partial charge is 0.323 e. The van der Waals surface area contributed by atoms with Gasteiger partial charge in [0.25, 0.3) is 0 Å². The summed E-state index contributed by atoms with van der Waals surface area (Å²) in [5, 5.41) is 20.7. The fourth-order valence-corrected chi connectivity index (χ4v) is 2.24. The van der Waals surface area contributed by atoms with E-state index in [1.807, 2.05) is 0 Å². The Morgan fingerprint density at radius 3 is 2.00 bits per heavy atom. The summed E-state index contributed by atoms with van der Waals surface area (Å²) in [4.78, 5) is 55.0. The Labute approximate surface area is 162 Å². The van der Waals surface area contributed by atoms with Gasteiger partial charge in [0.1, 0.15) is 0 Å². The van der Waals surface area contributed by atoms with Gasteiger partial charge in [-0.2, -0.15) is 0 Å². The lowest BCUT2D eigenvalue weighted by molar-refractivity contribution is -0.386. The summed E-state index contributed by atoms with van der Waals surface area (Å²) in [5.41, 5.74) is -1.31. The van der Waals surface area contributed by atoms with Gasteiger partial charge >= 0.3 is 22.5 Å². The van der Waals surface area contributed by atoms with Crippen LogP contribution in [0.2, 0.25) is 0 Å². The van der Waals surface area contributed by atoms with Gasteiger partial charge in [-0.15, -0.1) is 0 Å². The van der Waals surface area contributed by atoms with Crippen molar-refractivity contribution in [2.45, 2.75) is 6.92 Å². The number of carbonyl (C=O) groups is 1. The number of rotatable bonds is 4. The fraction of sp³-hybridized carbons (Fsp3) is 0.0556. The minimum Gasteiger partial charge on any atom is -0.323 e. The van der Waals surface area contributed by atoms with E-state index in [2.05, 4.69) is 4.98 Å². The van der Waals surface area contributed by atoms with Crippen LogP contribution in [0.25, 0.3) is 5.69 Å². The monoisotopic (exact) mass is 398 g/mol. The van der Waals surface area contributed by atoms with Gasteiger partial charge < -0.3 is 4.98 Å². The first-order valence-corrected chi connectivity index (χ1v) is 8.02. The summed E-state index contributed by atoms with van der Waals surface area (Å²) in [6.07, 6.45) is 2.79. The summed E-state index contributed by atoms with van der Waals surface area (Å²) in [6.45, 7) is 1.44. The van der Waals surface area contributed by atoms with Crippen molar-refractivity contribution in [3.8, 4) is 5.69 Å². The molecule has 0 fully saturated rings. The largest absolute Gasteiger partial charge is 0.334 e. The molecule has 0 unspecified atom stereocenters. The van der Waals surface area contributed by atoms with E-state index in [0.717, 1.165) is 12.1 Å². The first kappa shape index (κ1) is 20.9. The van der Waals surface area contributed by atoms with Crippen molar-refractivity contribution in [1.82, 2.24) is 9.55 Å². The van der Waals surface area contributed by atoms with Crippen LogP contribution in [0.15, 0.2) is 70.5 Å². The van der Waals surface area contributed by atoms with Gasteiger partial charge in [-0.05, 0) is 43.3 Å². The highest BCUT2D eigenvalue weighted by molar-refractivity contribution is 5.94.